The normalized spacial score (nSPS) is 23.1. The van der Waals surface area contributed by atoms with Crippen molar-refractivity contribution < 1.29 is 22.0 Å². The van der Waals surface area contributed by atoms with Gasteiger partial charge in [0.1, 0.15) is 18.3 Å². The van der Waals surface area contributed by atoms with Crippen LogP contribution in [0, 0.1) is 32.5 Å². The van der Waals surface area contributed by atoms with Gasteiger partial charge in [-0.15, -0.1) is 0 Å². The van der Waals surface area contributed by atoms with Crippen molar-refractivity contribution in [2.24, 2.45) is 5.92 Å². The third-order valence-corrected chi connectivity index (χ3v) is 7.30. The Balaban J connectivity index is 1.82. The summed E-state index contributed by atoms with van der Waals surface area (Å²) in [5.41, 5.74) is -0.783. The molecule has 0 fully saturated rings. The highest BCUT2D eigenvalue weighted by atomic mass is 35.5. The highest BCUT2D eigenvalue weighted by Gasteiger charge is 2.46. The van der Waals surface area contributed by atoms with Gasteiger partial charge in [0, 0.05) is 23.7 Å². The number of alkyl halides is 4. The summed E-state index contributed by atoms with van der Waals surface area (Å²) >= 11 is 5.84. The number of halogens is 6. The van der Waals surface area contributed by atoms with Gasteiger partial charge < -0.3 is 9.88 Å². The van der Waals surface area contributed by atoms with Crippen molar-refractivity contribution in [3.8, 4) is 0 Å². The fourth-order valence-corrected chi connectivity index (χ4v) is 5.15. The average Bonchev–Trinajstić information content (AvgIpc) is 2.98. The number of nitrogens with one attached hydrogen (secondary N) is 1. The predicted octanol–water partition coefficient (Wildman–Crippen LogP) is 7.04. The lowest BCUT2D eigenvalue weighted by atomic mass is 9.69. The predicted molar refractivity (Wildman–Crippen MR) is 120 cm³/mol. The molecule has 0 saturated heterocycles. The minimum atomic E-state index is -4.83. The van der Waals surface area contributed by atoms with Crippen LogP contribution in [0.2, 0.25) is 5.02 Å². The van der Waals surface area contributed by atoms with Crippen LogP contribution in [0.4, 0.5) is 22.0 Å². The molecule has 2 aromatic rings. The Hall–Kier alpha value is -2.09. The minimum absolute atomic E-state index is 0.390. The Kier molecular flexibility index (Phi) is 7.46. The van der Waals surface area contributed by atoms with Gasteiger partial charge in [0.05, 0.1) is 21.8 Å². The van der Waals surface area contributed by atoms with Crippen LogP contribution in [0.15, 0.2) is 24.4 Å². The summed E-state index contributed by atoms with van der Waals surface area (Å²) in [6.45, 7) is 7.46. The van der Waals surface area contributed by atoms with Gasteiger partial charge in [-0.1, -0.05) is 24.6 Å². The Morgan fingerprint density at radius 3 is 2.45 bits per heavy atom. The number of benzene rings is 1. The van der Waals surface area contributed by atoms with Crippen molar-refractivity contribution in [3.05, 3.63) is 63.6 Å². The van der Waals surface area contributed by atoms with E-state index in [1.165, 1.54) is 12.3 Å². The standard InChI is InChI=1S/C24H29ClF5N3/c1-14-18(21-20(27)8-7-19(25)22(21)24(28,29)30)9-11-31-23(14,13-26)10-5-6-12-33-16(3)15(2)32-17(33)4/h7-9,11,14,18,31H,5-6,10,12-13H2,1-4H3. The number of allylic oxidation sites excluding steroid dienone is 1. The van der Waals surface area contributed by atoms with Crippen molar-refractivity contribution in [1.82, 2.24) is 14.9 Å². The van der Waals surface area contributed by atoms with Crippen molar-refractivity contribution in [3.63, 3.8) is 0 Å². The van der Waals surface area contributed by atoms with E-state index in [2.05, 4.69) is 14.9 Å². The van der Waals surface area contributed by atoms with E-state index in [-0.39, 0.29) is 0 Å². The van der Waals surface area contributed by atoms with Gasteiger partial charge in [0.25, 0.3) is 0 Å². The number of aromatic nitrogens is 2. The first-order chi connectivity index (χ1) is 15.4. The van der Waals surface area contributed by atoms with Gasteiger partial charge in [0.15, 0.2) is 0 Å². The number of aryl methyl sites for hydroxylation is 2. The first kappa shape index (κ1) is 25.5. The summed E-state index contributed by atoms with van der Waals surface area (Å²) in [6.07, 6.45) is -0.143. The summed E-state index contributed by atoms with van der Waals surface area (Å²) in [7, 11) is 0. The van der Waals surface area contributed by atoms with Crippen LogP contribution in [-0.4, -0.2) is 21.8 Å². The number of rotatable bonds is 7. The van der Waals surface area contributed by atoms with Gasteiger partial charge in [0.2, 0.25) is 0 Å². The molecule has 0 amide bonds. The molecule has 0 radical (unpaired) electrons. The molecule has 1 N–H and O–H groups in total. The summed E-state index contributed by atoms with van der Waals surface area (Å²) in [4.78, 5) is 4.45. The van der Waals surface area contributed by atoms with E-state index in [4.69, 9.17) is 11.6 Å². The third-order valence-electron chi connectivity index (χ3n) is 6.98. The van der Waals surface area contributed by atoms with E-state index in [0.29, 0.717) is 12.8 Å². The second-order valence-electron chi connectivity index (χ2n) is 8.86. The lowest BCUT2D eigenvalue weighted by Gasteiger charge is -2.44. The summed E-state index contributed by atoms with van der Waals surface area (Å²) in [5.74, 6) is -1.70. The Bertz CT molecular complexity index is 1030. The molecule has 2 heterocycles. The molecule has 9 heteroatoms. The van der Waals surface area contributed by atoms with E-state index in [1.54, 1.807) is 6.92 Å². The molecule has 1 aliphatic rings. The molecule has 1 aliphatic heterocycles. The van der Waals surface area contributed by atoms with Crippen LogP contribution in [0.25, 0.3) is 0 Å². The Morgan fingerprint density at radius 2 is 1.88 bits per heavy atom. The molecular weight excluding hydrogens is 461 g/mol. The second kappa shape index (κ2) is 9.65. The van der Waals surface area contributed by atoms with E-state index >= 15 is 0 Å². The third kappa shape index (κ3) is 4.91. The smallest absolute Gasteiger partial charge is 0.383 e. The molecule has 1 aromatic carbocycles. The summed E-state index contributed by atoms with van der Waals surface area (Å²) in [6, 6.07) is 1.84. The van der Waals surface area contributed by atoms with Crippen LogP contribution in [0.5, 0.6) is 0 Å². The SMILES string of the molecule is Cc1nc(C)n(CCCCC2(CF)NC=CC(c3c(F)ccc(Cl)c3C(F)(F)F)C2C)c1C. The van der Waals surface area contributed by atoms with Crippen LogP contribution in [-0.2, 0) is 12.7 Å². The molecule has 3 rings (SSSR count). The van der Waals surface area contributed by atoms with Crippen molar-refractivity contribution in [2.45, 2.75) is 71.1 Å². The maximum absolute atomic E-state index is 14.7. The van der Waals surface area contributed by atoms with Crippen molar-refractivity contribution >= 4 is 11.6 Å². The van der Waals surface area contributed by atoms with Crippen molar-refractivity contribution in [1.29, 1.82) is 0 Å². The van der Waals surface area contributed by atoms with Gasteiger partial charge in [-0.3, -0.25) is 0 Å². The molecule has 0 saturated carbocycles. The highest BCUT2D eigenvalue weighted by Crippen LogP contribution is 2.47. The molecule has 182 valence electrons. The number of hydrogen-bond donors (Lipinski definition) is 1. The largest absolute Gasteiger partial charge is 0.418 e. The fraction of sp³-hybridized carbons (Fsp3) is 0.542. The average molecular weight is 490 g/mol. The molecule has 0 aliphatic carbocycles. The zero-order valence-electron chi connectivity index (χ0n) is 19.2. The minimum Gasteiger partial charge on any atom is -0.383 e. The quantitative estimate of drug-likeness (QED) is 0.334. The first-order valence-electron chi connectivity index (χ1n) is 11.0. The van der Waals surface area contributed by atoms with Crippen LogP contribution >= 0.6 is 11.6 Å². The monoisotopic (exact) mass is 489 g/mol. The highest BCUT2D eigenvalue weighted by molar-refractivity contribution is 6.31. The fourth-order valence-electron chi connectivity index (χ4n) is 4.88. The van der Waals surface area contributed by atoms with E-state index in [0.717, 1.165) is 42.3 Å². The first-order valence-corrected chi connectivity index (χ1v) is 11.4. The maximum Gasteiger partial charge on any atom is 0.418 e. The zero-order valence-corrected chi connectivity index (χ0v) is 19.9. The number of nitrogens with zero attached hydrogens (tertiary/aromatic N) is 2. The molecule has 33 heavy (non-hydrogen) atoms. The lowest BCUT2D eigenvalue weighted by molar-refractivity contribution is -0.138. The van der Waals surface area contributed by atoms with E-state index in [1.807, 2.05) is 20.8 Å². The number of unbranched alkanes of at least 4 members (excludes halogenated alkanes) is 1. The van der Waals surface area contributed by atoms with Crippen LogP contribution < -0.4 is 5.32 Å². The Labute approximate surface area is 196 Å². The van der Waals surface area contributed by atoms with Crippen LogP contribution in [0.3, 0.4) is 0 Å². The maximum atomic E-state index is 14.7. The van der Waals surface area contributed by atoms with Gasteiger partial charge in [-0.05, 0) is 64.3 Å². The molecule has 3 atom stereocenters. The molecule has 0 bridgehead atoms. The van der Waals surface area contributed by atoms with E-state index < -0.39 is 52.2 Å². The molecule has 3 unspecified atom stereocenters. The van der Waals surface area contributed by atoms with Crippen LogP contribution in [0.1, 0.15) is 60.4 Å². The lowest BCUT2D eigenvalue weighted by Crippen LogP contribution is -2.54. The van der Waals surface area contributed by atoms with Gasteiger partial charge in [-0.2, -0.15) is 13.2 Å². The molecule has 0 spiro atoms. The number of hydrogen-bond acceptors (Lipinski definition) is 2. The topological polar surface area (TPSA) is 29.9 Å². The Morgan fingerprint density at radius 1 is 1.18 bits per heavy atom. The molecular formula is C24H29ClF5N3. The summed E-state index contributed by atoms with van der Waals surface area (Å²) in [5, 5.41) is 2.47. The summed E-state index contributed by atoms with van der Waals surface area (Å²) < 4.78 is 72.5. The van der Waals surface area contributed by atoms with E-state index in [9.17, 15) is 22.0 Å². The second-order valence-corrected chi connectivity index (χ2v) is 9.27. The van der Waals surface area contributed by atoms with Crippen molar-refractivity contribution in [2.75, 3.05) is 6.67 Å². The zero-order chi connectivity index (χ0) is 24.6. The molecule has 1 aromatic heterocycles. The molecule has 3 nitrogen and oxygen atoms in total. The number of imidazole rings is 1. The van der Waals surface area contributed by atoms with Gasteiger partial charge >= 0.3 is 6.18 Å². The van der Waals surface area contributed by atoms with Gasteiger partial charge in [-0.25, -0.2) is 13.8 Å².